The van der Waals surface area contributed by atoms with Gasteiger partial charge in [0.1, 0.15) is 6.10 Å². The van der Waals surface area contributed by atoms with Crippen LogP contribution in [0.25, 0.3) is 11.3 Å². The Bertz CT molecular complexity index is 1120. The van der Waals surface area contributed by atoms with Gasteiger partial charge in [0.15, 0.2) is 0 Å². The van der Waals surface area contributed by atoms with E-state index in [0.29, 0.717) is 13.1 Å². The minimum atomic E-state index is -0.371. The summed E-state index contributed by atoms with van der Waals surface area (Å²) in [6, 6.07) is 10.4. The Labute approximate surface area is 184 Å². The fourth-order valence-electron chi connectivity index (χ4n) is 4.37. The molecule has 1 atom stereocenters. The number of aromatic nitrogens is 2. The minimum Gasteiger partial charge on any atom is -0.442 e. The summed E-state index contributed by atoms with van der Waals surface area (Å²) in [7, 11) is 0. The van der Waals surface area contributed by atoms with E-state index in [1.807, 2.05) is 6.07 Å². The molecule has 2 N–H and O–H groups in total. The van der Waals surface area contributed by atoms with Crippen molar-refractivity contribution in [2.45, 2.75) is 38.7 Å². The molecule has 0 radical (unpaired) electrons. The van der Waals surface area contributed by atoms with Gasteiger partial charge in [-0.15, -0.1) is 11.3 Å². The molecule has 1 aliphatic carbocycles. The normalized spacial score (nSPS) is 17.6. The lowest BCUT2D eigenvalue weighted by molar-refractivity contribution is -0.119. The van der Waals surface area contributed by atoms with Crippen molar-refractivity contribution in [1.29, 1.82) is 0 Å². The van der Waals surface area contributed by atoms with Crippen molar-refractivity contribution >= 4 is 29.0 Å². The summed E-state index contributed by atoms with van der Waals surface area (Å²) in [6.45, 7) is 2.21. The Morgan fingerprint density at radius 2 is 2.26 bits per heavy atom. The summed E-state index contributed by atoms with van der Waals surface area (Å²) >= 11 is 1.76. The van der Waals surface area contributed by atoms with E-state index >= 15 is 0 Å². The quantitative estimate of drug-likeness (QED) is 0.639. The predicted octanol–water partition coefficient (Wildman–Crippen LogP) is 3.68. The number of anilines is 1. The number of rotatable bonds is 5. The van der Waals surface area contributed by atoms with Gasteiger partial charge in [-0.2, -0.15) is 5.10 Å². The second kappa shape index (κ2) is 8.19. The zero-order valence-corrected chi connectivity index (χ0v) is 18.1. The summed E-state index contributed by atoms with van der Waals surface area (Å²) in [5, 5.41) is 12.7. The summed E-state index contributed by atoms with van der Waals surface area (Å²) < 4.78 is 5.41. The molecular weight excluding hydrogens is 412 g/mol. The van der Waals surface area contributed by atoms with Gasteiger partial charge in [0.25, 0.3) is 0 Å². The molecule has 1 fully saturated rings. The van der Waals surface area contributed by atoms with Crippen LogP contribution in [0.5, 0.6) is 0 Å². The smallest absolute Gasteiger partial charge is 0.414 e. The van der Waals surface area contributed by atoms with Gasteiger partial charge in [0.05, 0.1) is 24.5 Å². The zero-order chi connectivity index (χ0) is 21.4. The molecule has 1 aromatic carbocycles. The number of carbonyl (C=O) groups excluding carboxylic acids is 2. The van der Waals surface area contributed by atoms with Crippen molar-refractivity contribution in [3.63, 3.8) is 0 Å². The van der Waals surface area contributed by atoms with Crippen LogP contribution in [0, 0.1) is 0 Å². The van der Waals surface area contributed by atoms with Crippen LogP contribution in [0.1, 0.15) is 35.0 Å². The first-order valence-electron chi connectivity index (χ1n) is 10.5. The highest BCUT2D eigenvalue weighted by molar-refractivity contribution is 7.09. The minimum absolute atomic E-state index is 0.131. The maximum atomic E-state index is 12.4. The molecule has 2 amide bonds. The molecule has 1 saturated heterocycles. The van der Waals surface area contributed by atoms with Crippen LogP contribution in [0.15, 0.2) is 35.7 Å². The van der Waals surface area contributed by atoms with Gasteiger partial charge in [-0.25, -0.2) is 4.79 Å². The molecule has 0 saturated carbocycles. The summed E-state index contributed by atoms with van der Waals surface area (Å²) in [6.07, 6.45) is 3.12. The molecular formula is C23H24N4O3S. The largest absolute Gasteiger partial charge is 0.442 e. The van der Waals surface area contributed by atoms with E-state index in [9.17, 15) is 9.59 Å². The van der Waals surface area contributed by atoms with E-state index < -0.39 is 0 Å². The van der Waals surface area contributed by atoms with Crippen molar-refractivity contribution in [2.75, 3.05) is 18.0 Å². The molecule has 2 aliphatic rings. The van der Waals surface area contributed by atoms with Gasteiger partial charge in [-0.3, -0.25) is 14.8 Å². The number of hydrogen-bond acceptors (Lipinski definition) is 5. The molecule has 31 heavy (non-hydrogen) atoms. The highest BCUT2D eigenvalue weighted by Gasteiger charge is 2.33. The molecule has 2 aromatic heterocycles. The van der Waals surface area contributed by atoms with Gasteiger partial charge < -0.3 is 10.1 Å². The van der Waals surface area contributed by atoms with Crippen LogP contribution >= 0.6 is 11.3 Å². The number of amides is 2. The van der Waals surface area contributed by atoms with Crippen LogP contribution in [0.4, 0.5) is 10.5 Å². The van der Waals surface area contributed by atoms with Crippen LogP contribution < -0.4 is 10.2 Å². The number of nitrogens with zero attached hydrogens (tertiary/aromatic N) is 2. The first kappa shape index (κ1) is 19.8. The van der Waals surface area contributed by atoms with E-state index in [4.69, 9.17) is 4.74 Å². The van der Waals surface area contributed by atoms with Crippen LogP contribution in [0.2, 0.25) is 0 Å². The Kier molecular flexibility index (Phi) is 5.23. The van der Waals surface area contributed by atoms with Crippen molar-refractivity contribution in [3.8, 4) is 11.3 Å². The number of cyclic esters (lactones) is 1. The van der Waals surface area contributed by atoms with Crippen molar-refractivity contribution in [1.82, 2.24) is 15.5 Å². The summed E-state index contributed by atoms with van der Waals surface area (Å²) in [4.78, 5) is 26.5. The molecule has 0 bridgehead atoms. The molecule has 3 heterocycles. The van der Waals surface area contributed by atoms with Gasteiger partial charge in [0.2, 0.25) is 5.91 Å². The van der Waals surface area contributed by atoms with Gasteiger partial charge in [-0.05, 0) is 48.4 Å². The van der Waals surface area contributed by atoms with Crippen LogP contribution in [-0.4, -0.2) is 41.4 Å². The van der Waals surface area contributed by atoms with Gasteiger partial charge >= 0.3 is 6.09 Å². The molecule has 8 heteroatoms. The fraction of sp³-hybridized carbons (Fsp3) is 0.348. The highest BCUT2D eigenvalue weighted by Crippen LogP contribution is 2.36. The Hall–Kier alpha value is -3.13. The molecule has 7 nitrogen and oxygen atoms in total. The number of aromatic amines is 1. The van der Waals surface area contributed by atoms with Crippen LogP contribution in [0.3, 0.4) is 0 Å². The number of aryl methyl sites for hydroxylation is 1. The standard InChI is InChI=1S/C23H24N4O3S/c1-14(28)24-12-17-13-27(23(29)30-17)16-7-8-19-15(10-16)4-2-6-20-21(25-26-22(19)20)11-18-5-3-9-31-18/h3,5,7-10,17H,2,4,6,11-13H2,1H3,(H,24,28)(H,25,26). The van der Waals surface area contributed by atoms with E-state index in [1.54, 1.807) is 16.2 Å². The third-order valence-electron chi connectivity index (χ3n) is 5.87. The molecule has 5 rings (SSSR count). The molecule has 3 aromatic rings. The molecule has 160 valence electrons. The molecule has 1 unspecified atom stereocenters. The topological polar surface area (TPSA) is 87.3 Å². The highest BCUT2D eigenvalue weighted by atomic mass is 32.1. The van der Waals surface area contributed by atoms with E-state index in [-0.39, 0.29) is 18.1 Å². The number of carbonyl (C=O) groups is 2. The molecule has 1 aliphatic heterocycles. The number of ether oxygens (including phenoxy) is 1. The van der Waals surface area contributed by atoms with Crippen LogP contribution in [-0.2, 0) is 28.8 Å². The second-order valence-electron chi connectivity index (χ2n) is 8.03. The second-order valence-corrected chi connectivity index (χ2v) is 9.06. The monoisotopic (exact) mass is 436 g/mol. The number of fused-ring (bicyclic) bond motifs is 3. The third kappa shape index (κ3) is 3.95. The SMILES string of the molecule is CC(=O)NCC1CN(c2ccc3c(c2)CCCc2c(Cc4cccs4)n[nH]c2-3)C(=O)O1. The summed E-state index contributed by atoms with van der Waals surface area (Å²) in [5.74, 6) is -0.131. The lowest BCUT2D eigenvalue weighted by Gasteiger charge is -2.16. The summed E-state index contributed by atoms with van der Waals surface area (Å²) in [5.41, 5.74) is 6.72. The third-order valence-corrected chi connectivity index (χ3v) is 6.75. The number of H-pyrrole nitrogens is 1. The number of hydrogen-bond donors (Lipinski definition) is 2. The lowest BCUT2D eigenvalue weighted by Crippen LogP contribution is -2.33. The first-order valence-corrected chi connectivity index (χ1v) is 11.4. The number of benzene rings is 1. The van der Waals surface area contributed by atoms with Gasteiger partial charge in [-0.1, -0.05) is 12.1 Å². The van der Waals surface area contributed by atoms with Crippen molar-refractivity contribution < 1.29 is 14.3 Å². The Balaban J connectivity index is 1.39. The average Bonchev–Trinajstić information content (AvgIpc) is 3.46. The van der Waals surface area contributed by atoms with Crippen molar-refractivity contribution in [3.05, 3.63) is 57.4 Å². The van der Waals surface area contributed by atoms with E-state index in [1.165, 1.54) is 22.9 Å². The zero-order valence-electron chi connectivity index (χ0n) is 17.3. The Morgan fingerprint density at radius 1 is 1.35 bits per heavy atom. The Morgan fingerprint density at radius 3 is 3.06 bits per heavy atom. The van der Waals surface area contributed by atoms with Crippen molar-refractivity contribution in [2.24, 2.45) is 0 Å². The predicted molar refractivity (Wildman–Crippen MR) is 119 cm³/mol. The van der Waals surface area contributed by atoms with E-state index in [0.717, 1.165) is 48.3 Å². The number of nitrogens with one attached hydrogen (secondary N) is 2. The lowest BCUT2D eigenvalue weighted by atomic mass is 10.00. The molecule has 0 spiro atoms. The van der Waals surface area contributed by atoms with Gasteiger partial charge in [0, 0.05) is 35.0 Å². The average molecular weight is 437 g/mol. The fourth-order valence-corrected chi connectivity index (χ4v) is 5.08. The maximum Gasteiger partial charge on any atom is 0.414 e. The maximum absolute atomic E-state index is 12.4. The van der Waals surface area contributed by atoms with E-state index in [2.05, 4.69) is 45.2 Å². The number of thiophene rings is 1. The first-order chi connectivity index (χ1) is 15.1.